The minimum Gasteiger partial charge on any atom is -0.496 e. The van der Waals surface area contributed by atoms with Crippen LogP contribution in [0.4, 0.5) is 0 Å². The predicted octanol–water partition coefficient (Wildman–Crippen LogP) is 2.47. The normalized spacial score (nSPS) is 20.7. The van der Waals surface area contributed by atoms with E-state index in [9.17, 15) is 9.59 Å². The Balaban J connectivity index is 1.52. The van der Waals surface area contributed by atoms with Gasteiger partial charge in [-0.15, -0.1) is 0 Å². The van der Waals surface area contributed by atoms with E-state index < -0.39 is 0 Å². The quantitative estimate of drug-likeness (QED) is 0.801. The zero-order valence-electron chi connectivity index (χ0n) is 17.3. The molecule has 0 N–H and O–H groups in total. The van der Waals surface area contributed by atoms with Crippen LogP contribution in [0.2, 0.25) is 0 Å². The lowest BCUT2D eigenvalue weighted by Crippen LogP contribution is -2.52. The number of hydrogen-bond donors (Lipinski definition) is 0. The largest absolute Gasteiger partial charge is 0.496 e. The van der Waals surface area contributed by atoms with Crippen molar-refractivity contribution in [2.24, 2.45) is 5.92 Å². The van der Waals surface area contributed by atoms with Gasteiger partial charge in [-0.2, -0.15) is 0 Å². The van der Waals surface area contributed by atoms with E-state index in [1.54, 1.807) is 7.11 Å². The smallest absolute Gasteiger partial charge is 0.254 e. The molecule has 4 rings (SSSR count). The number of piperidine rings is 1. The molecule has 2 amide bonds. The van der Waals surface area contributed by atoms with Crippen LogP contribution in [-0.4, -0.2) is 79.9 Å². The summed E-state index contributed by atoms with van der Waals surface area (Å²) in [5.74, 6) is 0.870. The summed E-state index contributed by atoms with van der Waals surface area (Å²) in [4.78, 5) is 32.4. The van der Waals surface area contributed by atoms with E-state index in [0.29, 0.717) is 18.7 Å². The zero-order chi connectivity index (χ0) is 20.4. The number of rotatable bonds is 3. The summed E-state index contributed by atoms with van der Waals surface area (Å²) >= 11 is 0. The molecular formula is C23H29N3O3. The van der Waals surface area contributed by atoms with Crippen molar-refractivity contribution in [1.82, 2.24) is 14.7 Å². The Kier molecular flexibility index (Phi) is 5.72. The summed E-state index contributed by atoms with van der Waals surface area (Å²) in [5.41, 5.74) is 0.675. The molecule has 0 saturated carbocycles. The van der Waals surface area contributed by atoms with Crippen molar-refractivity contribution in [2.75, 3.05) is 53.4 Å². The molecule has 1 unspecified atom stereocenters. The highest BCUT2D eigenvalue weighted by molar-refractivity contribution is 6.08. The third-order valence-corrected chi connectivity index (χ3v) is 6.21. The first kappa shape index (κ1) is 19.7. The van der Waals surface area contributed by atoms with E-state index in [-0.39, 0.29) is 17.7 Å². The molecule has 29 heavy (non-hydrogen) atoms. The molecule has 2 heterocycles. The number of ether oxygens (including phenoxy) is 1. The Labute approximate surface area is 172 Å². The van der Waals surface area contributed by atoms with Crippen LogP contribution in [0.5, 0.6) is 5.75 Å². The summed E-state index contributed by atoms with van der Waals surface area (Å²) in [6, 6.07) is 11.5. The molecule has 6 nitrogen and oxygen atoms in total. The first-order chi connectivity index (χ1) is 14.1. The van der Waals surface area contributed by atoms with Crippen molar-refractivity contribution < 1.29 is 14.3 Å². The molecule has 0 bridgehead atoms. The molecule has 2 aliphatic rings. The molecule has 154 valence electrons. The highest BCUT2D eigenvalue weighted by Crippen LogP contribution is 2.30. The van der Waals surface area contributed by atoms with Gasteiger partial charge in [-0.05, 0) is 37.4 Å². The molecule has 2 saturated heterocycles. The fourth-order valence-corrected chi connectivity index (χ4v) is 4.45. The second kappa shape index (κ2) is 8.41. The summed E-state index contributed by atoms with van der Waals surface area (Å²) in [6.45, 7) is 4.60. The van der Waals surface area contributed by atoms with Gasteiger partial charge in [0.15, 0.2) is 0 Å². The van der Waals surface area contributed by atoms with E-state index in [1.807, 2.05) is 46.2 Å². The van der Waals surface area contributed by atoms with Gasteiger partial charge in [-0.1, -0.05) is 24.3 Å². The van der Waals surface area contributed by atoms with Gasteiger partial charge in [0.1, 0.15) is 5.75 Å². The lowest BCUT2D eigenvalue weighted by Gasteiger charge is -2.38. The van der Waals surface area contributed by atoms with Crippen LogP contribution in [-0.2, 0) is 4.79 Å². The molecule has 2 fully saturated rings. The number of hydrogen-bond acceptors (Lipinski definition) is 4. The third kappa shape index (κ3) is 3.94. The summed E-state index contributed by atoms with van der Waals surface area (Å²) in [6.07, 6.45) is 1.72. The molecule has 6 heteroatoms. The number of amides is 2. The molecular weight excluding hydrogens is 366 g/mol. The minimum absolute atomic E-state index is 0.000249. The van der Waals surface area contributed by atoms with Crippen molar-refractivity contribution in [3.05, 3.63) is 42.0 Å². The van der Waals surface area contributed by atoms with Crippen LogP contribution in [0.3, 0.4) is 0 Å². The van der Waals surface area contributed by atoms with Crippen LogP contribution >= 0.6 is 0 Å². The van der Waals surface area contributed by atoms with Crippen LogP contribution in [0.15, 0.2) is 36.4 Å². The Morgan fingerprint density at radius 3 is 2.38 bits per heavy atom. The van der Waals surface area contributed by atoms with Crippen LogP contribution in [0.1, 0.15) is 23.2 Å². The van der Waals surface area contributed by atoms with Gasteiger partial charge < -0.3 is 19.4 Å². The number of carbonyl (C=O) groups excluding carboxylic acids is 2. The Morgan fingerprint density at radius 2 is 1.66 bits per heavy atom. The lowest BCUT2D eigenvalue weighted by molar-refractivity contribution is -0.138. The molecule has 0 spiro atoms. The number of carbonyl (C=O) groups is 2. The average molecular weight is 396 g/mol. The SMILES string of the molecule is COc1ccc(C(=O)N2CCCC(C(=O)N3CCN(C)CC3)C2)c2ccccc12. The van der Waals surface area contributed by atoms with Gasteiger partial charge in [0.25, 0.3) is 5.91 Å². The van der Waals surface area contributed by atoms with Crippen molar-refractivity contribution in [3.8, 4) is 5.75 Å². The summed E-state index contributed by atoms with van der Waals surface area (Å²) in [7, 11) is 3.73. The number of likely N-dealkylation sites (N-methyl/N-ethyl adjacent to an activating group) is 1. The first-order valence-corrected chi connectivity index (χ1v) is 10.4. The molecule has 0 aromatic heterocycles. The van der Waals surface area contributed by atoms with E-state index in [0.717, 1.165) is 55.5 Å². The number of piperazine rings is 1. The molecule has 2 aromatic carbocycles. The van der Waals surface area contributed by atoms with Crippen LogP contribution in [0.25, 0.3) is 10.8 Å². The second-order valence-corrected chi connectivity index (χ2v) is 8.08. The van der Waals surface area contributed by atoms with Gasteiger partial charge >= 0.3 is 0 Å². The van der Waals surface area contributed by atoms with Gasteiger partial charge in [0, 0.05) is 50.2 Å². The molecule has 1 atom stereocenters. The van der Waals surface area contributed by atoms with E-state index >= 15 is 0 Å². The molecule has 2 aromatic rings. The Hall–Kier alpha value is -2.60. The number of methoxy groups -OCH3 is 1. The van der Waals surface area contributed by atoms with Gasteiger partial charge in [-0.25, -0.2) is 0 Å². The third-order valence-electron chi connectivity index (χ3n) is 6.21. The van der Waals surface area contributed by atoms with Crippen molar-refractivity contribution in [3.63, 3.8) is 0 Å². The number of likely N-dealkylation sites (tertiary alicyclic amines) is 1. The van der Waals surface area contributed by atoms with Crippen molar-refractivity contribution >= 4 is 22.6 Å². The monoisotopic (exact) mass is 395 g/mol. The van der Waals surface area contributed by atoms with E-state index in [1.165, 1.54) is 0 Å². The van der Waals surface area contributed by atoms with E-state index in [4.69, 9.17) is 4.74 Å². The summed E-state index contributed by atoms with van der Waals surface area (Å²) in [5, 5.41) is 1.83. The van der Waals surface area contributed by atoms with Crippen LogP contribution < -0.4 is 4.74 Å². The molecule has 2 aliphatic heterocycles. The maximum Gasteiger partial charge on any atom is 0.254 e. The minimum atomic E-state index is -0.0966. The standard InChI is InChI=1S/C23H29N3O3/c1-24-12-14-25(15-13-24)22(27)17-6-5-11-26(16-17)23(28)20-9-10-21(29-2)19-8-4-3-7-18(19)20/h3-4,7-10,17H,5-6,11-16H2,1-2H3. The Morgan fingerprint density at radius 1 is 0.931 bits per heavy atom. The molecule has 0 radical (unpaired) electrons. The summed E-state index contributed by atoms with van der Waals surface area (Å²) < 4.78 is 5.45. The highest BCUT2D eigenvalue weighted by Gasteiger charge is 2.33. The maximum absolute atomic E-state index is 13.4. The Bertz CT molecular complexity index is 905. The number of nitrogens with zero attached hydrogens (tertiary/aromatic N) is 3. The lowest BCUT2D eigenvalue weighted by atomic mass is 9.94. The maximum atomic E-state index is 13.4. The predicted molar refractivity (Wildman–Crippen MR) is 113 cm³/mol. The zero-order valence-corrected chi connectivity index (χ0v) is 17.3. The van der Waals surface area contributed by atoms with Crippen LogP contribution in [0, 0.1) is 5.92 Å². The fourth-order valence-electron chi connectivity index (χ4n) is 4.45. The van der Waals surface area contributed by atoms with Gasteiger partial charge in [0.05, 0.1) is 13.0 Å². The van der Waals surface area contributed by atoms with Crippen molar-refractivity contribution in [2.45, 2.75) is 12.8 Å². The first-order valence-electron chi connectivity index (χ1n) is 10.4. The van der Waals surface area contributed by atoms with E-state index in [2.05, 4.69) is 11.9 Å². The van der Waals surface area contributed by atoms with Gasteiger partial charge in [0.2, 0.25) is 5.91 Å². The topological polar surface area (TPSA) is 53.1 Å². The number of fused-ring (bicyclic) bond motifs is 1. The molecule has 0 aliphatic carbocycles. The van der Waals surface area contributed by atoms with Crippen molar-refractivity contribution in [1.29, 1.82) is 0 Å². The van der Waals surface area contributed by atoms with Gasteiger partial charge in [-0.3, -0.25) is 9.59 Å². The average Bonchev–Trinajstić information content (AvgIpc) is 2.78. The number of benzene rings is 2. The fraction of sp³-hybridized carbons (Fsp3) is 0.478. The highest BCUT2D eigenvalue weighted by atomic mass is 16.5. The second-order valence-electron chi connectivity index (χ2n) is 8.08.